The van der Waals surface area contributed by atoms with Crippen molar-refractivity contribution in [1.29, 1.82) is 0 Å². The summed E-state index contributed by atoms with van der Waals surface area (Å²) in [5.74, 6) is -1.30. The Kier molecular flexibility index (Phi) is 5.33. The lowest BCUT2D eigenvalue weighted by atomic mass is 9.55. The summed E-state index contributed by atoms with van der Waals surface area (Å²) in [7, 11) is 0. The number of rotatable bonds is 6. The van der Waals surface area contributed by atoms with Crippen LogP contribution in [0, 0.1) is 11.8 Å². The molecule has 0 spiro atoms. The highest BCUT2D eigenvalue weighted by Crippen LogP contribution is 2.49. The van der Waals surface area contributed by atoms with E-state index in [0.29, 0.717) is 13.1 Å². The van der Waals surface area contributed by atoms with E-state index in [1.807, 2.05) is 42.5 Å². The minimum absolute atomic E-state index is 0.0591. The van der Waals surface area contributed by atoms with Gasteiger partial charge in [-0.15, -0.1) is 0 Å². The molecule has 2 bridgehead atoms. The number of amides is 1. The van der Waals surface area contributed by atoms with Crippen molar-refractivity contribution < 1.29 is 19.4 Å². The zero-order valence-electron chi connectivity index (χ0n) is 19.4. The van der Waals surface area contributed by atoms with E-state index in [0.717, 1.165) is 35.2 Å². The summed E-state index contributed by atoms with van der Waals surface area (Å²) in [4.78, 5) is 27.6. The van der Waals surface area contributed by atoms with Crippen molar-refractivity contribution in [3.05, 3.63) is 95.6 Å². The van der Waals surface area contributed by atoms with E-state index >= 15 is 0 Å². The van der Waals surface area contributed by atoms with Gasteiger partial charge in [-0.05, 0) is 34.2 Å². The van der Waals surface area contributed by atoms with Gasteiger partial charge in [0, 0.05) is 37.4 Å². The van der Waals surface area contributed by atoms with Gasteiger partial charge in [0.1, 0.15) is 12.1 Å². The maximum absolute atomic E-state index is 12.9. The molecule has 2 heterocycles. The van der Waals surface area contributed by atoms with Crippen LogP contribution in [0.25, 0.3) is 11.1 Å². The molecule has 2 aliphatic heterocycles. The van der Waals surface area contributed by atoms with E-state index in [1.54, 1.807) is 0 Å². The molecule has 3 aromatic rings. The first-order valence-corrected chi connectivity index (χ1v) is 12.2. The van der Waals surface area contributed by atoms with Crippen molar-refractivity contribution in [2.75, 3.05) is 19.7 Å². The Balaban J connectivity index is 1.13. The summed E-state index contributed by atoms with van der Waals surface area (Å²) in [6.45, 7) is 2.24. The topological polar surface area (TPSA) is 78.9 Å². The lowest BCUT2D eigenvalue weighted by Gasteiger charge is -2.59. The highest BCUT2D eigenvalue weighted by atomic mass is 16.5. The average molecular weight is 469 g/mol. The number of nitrogens with one attached hydrogen (secondary N) is 1. The molecule has 0 radical (unpaired) electrons. The number of carbonyl (C=O) groups is 2. The third-order valence-electron chi connectivity index (χ3n) is 8.07. The highest BCUT2D eigenvalue weighted by molar-refractivity contribution is 5.87. The number of hydrogen-bond donors (Lipinski definition) is 2. The van der Waals surface area contributed by atoms with Gasteiger partial charge in [-0.2, -0.15) is 0 Å². The Bertz CT molecular complexity index is 1220. The first-order valence-electron chi connectivity index (χ1n) is 12.2. The second-order valence-corrected chi connectivity index (χ2v) is 9.93. The molecule has 2 saturated heterocycles. The molecule has 2 atom stereocenters. The molecule has 6 heteroatoms. The minimum Gasteiger partial charge on any atom is -0.479 e. The number of aliphatic carboxylic acids is 1. The molecule has 2 unspecified atom stereocenters. The maximum Gasteiger partial charge on any atom is 0.408 e. The number of piperidine rings is 2. The lowest BCUT2D eigenvalue weighted by Crippen LogP contribution is -2.77. The molecule has 3 fully saturated rings. The van der Waals surface area contributed by atoms with Crippen LogP contribution < -0.4 is 5.32 Å². The van der Waals surface area contributed by atoms with Crippen LogP contribution in [0.1, 0.15) is 29.0 Å². The van der Waals surface area contributed by atoms with Gasteiger partial charge in [0.25, 0.3) is 0 Å². The molecular weight excluding hydrogens is 440 g/mol. The molecule has 35 heavy (non-hydrogen) atoms. The van der Waals surface area contributed by atoms with Crippen molar-refractivity contribution >= 4 is 12.1 Å². The molecule has 1 amide bonds. The predicted octanol–water partition coefficient (Wildman–Crippen LogP) is 4.50. The number of alkyl carbamates (subject to hydrolysis) is 1. The SMILES string of the molecule is O=C(NC1(C(=O)O)C2CC1CN(Cc1ccccc1)C2)OCC1c2ccccc2-c2ccccc21. The van der Waals surface area contributed by atoms with Crippen molar-refractivity contribution in [1.82, 2.24) is 10.2 Å². The summed E-state index contributed by atoms with van der Waals surface area (Å²) in [6.07, 6.45) is 0.154. The zero-order valence-corrected chi connectivity index (χ0v) is 19.4. The average Bonchev–Trinajstić information content (AvgIpc) is 3.20. The summed E-state index contributed by atoms with van der Waals surface area (Å²) < 4.78 is 5.68. The van der Waals surface area contributed by atoms with Gasteiger partial charge >= 0.3 is 12.1 Å². The number of carboxylic acid groups (broad SMARTS) is 1. The molecular formula is C29H28N2O4. The number of benzene rings is 3. The van der Waals surface area contributed by atoms with Crippen LogP contribution in [0.2, 0.25) is 0 Å². The first kappa shape index (κ1) is 21.9. The maximum atomic E-state index is 12.9. The first-order chi connectivity index (χ1) is 17.1. The van der Waals surface area contributed by atoms with E-state index in [2.05, 4.69) is 46.6 Å². The van der Waals surface area contributed by atoms with Crippen LogP contribution in [0.4, 0.5) is 4.79 Å². The number of hydrogen-bond acceptors (Lipinski definition) is 4. The zero-order chi connectivity index (χ0) is 24.0. The number of carboxylic acids is 1. The smallest absolute Gasteiger partial charge is 0.408 e. The Labute approximate surface area is 204 Å². The fourth-order valence-corrected chi connectivity index (χ4v) is 6.40. The van der Waals surface area contributed by atoms with E-state index in [-0.39, 0.29) is 24.4 Å². The van der Waals surface area contributed by atoms with Crippen molar-refractivity contribution in [2.24, 2.45) is 11.8 Å². The van der Waals surface area contributed by atoms with Gasteiger partial charge < -0.3 is 15.2 Å². The van der Waals surface area contributed by atoms with Crippen molar-refractivity contribution in [3.8, 4) is 11.1 Å². The number of ether oxygens (including phenoxy) is 1. The Morgan fingerprint density at radius 2 is 1.46 bits per heavy atom. The predicted molar refractivity (Wildman–Crippen MR) is 132 cm³/mol. The highest BCUT2D eigenvalue weighted by Gasteiger charge is 2.64. The van der Waals surface area contributed by atoms with Crippen LogP contribution in [0.3, 0.4) is 0 Å². The molecule has 3 aromatic carbocycles. The van der Waals surface area contributed by atoms with Crippen LogP contribution in [-0.2, 0) is 16.1 Å². The van der Waals surface area contributed by atoms with Crippen LogP contribution in [-0.4, -0.2) is 47.3 Å². The second-order valence-electron chi connectivity index (χ2n) is 9.93. The van der Waals surface area contributed by atoms with Crippen molar-refractivity contribution in [3.63, 3.8) is 0 Å². The lowest BCUT2D eigenvalue weighted by molar-refractivity contribution is -0.170. The van der Waals surface area contributed by atoms with Gasteiger partial charge in [-0.3, -0.25) is 4.90 Å². The molecule has 178 valence electrons. The number of fused-ring (bicyclic) bond motifs is 5. The summed E-state index contributed by atoms with van der Waals surface area (Å²) >= 11 is 0. The number of nitrogens with zero attached hydrogens (tertiary/aromatic N) is 1. The molecule has 0 aromatic heterocycles. The van der Waals surface area contributed by atoms with Gasteiger partial charge in [-0.25, -0.2) is 9.59 Å². The van der Waals surface area contributed by atoms with Crippen molar-refractivity contribution in [2.45, 2.75) is 24.4 Å². The Morgan fingerprint density at radius 3 is 2.06 bits per heavy atom. The van der Waals surface area contributed by atoms with Gasteiger partial charge in [0.05, 0.1) is 0 Å². The monoisotopic (exact) mass is 468 g/mol. The summed E-state index contributed by atoms with van der Waals surface area (Å²) in [5.41, 5.74) is 4.53. The third-order valence-corrected chi connectivity index (χ3v) is 8.07. The summed E-state index contributed by atoms with van der Waals surface area (Å²) in [5, 5.41) is 13.0. The van der Waals surface area contributed by atoms with Gasteiger partial charge in [0.2, 0.25) is 0 Å². The van der Waals surface area contributed by atoms with Crippen LogP contribution >= 0.6 is 0 Å². The molecule has 7 rings (SSSR count). The van der Waals surface area contributed by atoms with E-state index in [1.165, 1.54) is 5.56 Å². The second kappa shape index (κ2) is 8.54. The van der Waals surface area contributed by atoms with E-state index in [9.17, 15) is 14.7 Å². The van der Waals surface area contributed by atoms with Gasteiger partial charge in [-0.1, -0.05) is 78.9 Å². The molecule has 1 saturated carbocycles. The van der Waals surface area contributed by atoms with Crippen LogP contribution in [0.15, 0.2) is 78.9 Å². The molecule has 4 aliphatic rings. The van der Waals surface area contributed by atoms with E-state index in [4.69, 9.17) is 4.74 Å². The molecule has 2 aliphatic carbocycles. The fraction of sp³-hybridized carbons (Fsp3) is 0.310. The van der Waals surface area contributed by atoms with Crippen LogP contribution in [0.5, 0.6) is 0 Å². The van der Waals surface area contributed by atoms with E-state index < -0.39 is 17.6 Å². The Hall–Kier alpha value is -3.64. The quantitative estimate of drug-likeness (QED) is 0.557. The standard InChI is InChI=1S/C29H28N2O4/c32-27(33)29(20-14-21(29)17-31(16-20)15-19-8-2-1-3-9-19)30-28(34)35-18-26-24-12-6-4-10-22(24)23-11-5-7-13-25(23)26/h1-13,20-21,26H,14-18H2,(H,30,34)(H,32,33). The third kappa shape index (κ3) is 3.60. The van der Waals surface area contributed by atoms with Gasteiger partial charge in [0.15, 0.2) is 0 Å². The number of carbonyl (C=O) groups excluding carboxylic acids is 1. The summed E-state index contributed by atoms with van der Waals surface area (Å²) in [6, 6.07) is 26.5. The normalized spacial score (nSPS) is 24.7. The molecule has 6 nitrogen and oxygen atoms in total. The largest absolute Gasteiger partial charge is 0.479 e. The fourth-order valence-electron chi connectivity index (χ4n) is 6.40. The molecule has 2 N–H and O–H groups in total. The Morgan fingerprint density at radius 1 is 0.886 bits per heavy atom. The minimum atomic E-state index is -1.25.